The van der Waals surface area contributed by atoms with Crippen LogP contribution in [-0.4, -0.2) is 47.1 Å². The molecule has 3 N–H and O–H groups in total. The van der Waals surface area contributed by atoms with E-state index in [-0.39, 0.29) is 11.1 Å². The second kappa shape index (κ2) is 6.23. The van der Waals surface area contributed by atoms with Crippen LogP contribution in [0.5, 0.6) is 5.75 Å². The lowest BCUT2D eigenvalue weighted by molar-refractivity contribution is 0.0695. The van der Waals surface area contributed by atoms with E-state index in [2.05, 4.69) is 15.0 Å². The number of piperidine rings is 1. The fourth-order valence-corrected chi connectivity index (χ4v) is 2.90. The number of nitrogens with zero attached hydrogens (tertiary/aromatic N) is 2. The third kappa shape index (κ3) is 2.78. The van der Waals surface area contributed by atoms with Crippen molar-refractivity contribution >= 4 is 28.3 Å². The summed E-state index contributed by atoms with van der Waals surface area (Å²) in [6.45, 7) is 1.43. The molecule has 3 rings (SSSR count). The Balaban J connectivity index is 1.98. The number of phenolic OH excluding ortho intramolecular Hbond substituents is 1. The van der Waals surface area contributed by atoms with Crippen LogP contribution in [0, 0.1) is 0 Å². The van der Waals surface area contributed by atoms with Crippen molar-refractivity contribution in [3.8, 4) is 5.75 Å². The van der Waals surface area contributed by atoms with E-state index in [0.29, 0.717) is 18.6 Å². The Morgan fingerprint density at radius 1 is 1.33 bits per heavy atom. The molecule has 1 aliphatic rings. The predicted octanol–water partition coefficient (Wildman–Crippen LogP) is 1.53. The molecule has 0 saturated carbocycles. The number of aromatic nitrogens is 1. The van der Waals surface area contributed by atoms with Crippen molar-refractivity contribution < 1.29 is 19.8 Å². The SMILES string of the molecule is CON=C1CCN(c2cc(O)c3c(=O)c(C(=O)O)c[nH]c3c2)CC1. The third-order valence-corrected chi connectivity index (χ3v) is 4.10. The molecule has 0 radical (unpaired) electrons. The summed E-state index contributed by atoms with van der Waals surface area (Å²) in [7, 11) is 1.52. The molecule has 8 heteroatoms. The molecule has 1 aromatic carbocycles. The number of phenols is 1. The minimum atomic E-state index is -1.33. The van der Waals surface area contributed by atoms with Crippen molar-refractivity contribution in [2.45, 2.75) is 12.8 Å². The van der Waals surface area contributed by atoms with Crippen molar-refractivity contribution in [1.82, 2.24) is 4.98 Å². The standard InChI is InChI=1S/C16H17N3O5/c1-24-18-9-2-4-19(5-3-9)10-6-12-14(13(20)7-10)15(21)11(8-17-12)16(22)23/h6-8,20H,2-5H2,1H3,(H,17,21)(H,22,23). The minimum absolute atomic E-state index is 0.0164. The normalized spacial score (nSPS) is 14.7. The number of aromatic amines is 1. The van der Waals surface area contributed by atoms with Gasteiger partial charge in [0.25, 0.3) is 0 Å². The minimum Gasteiger partial charge on any atom is -0.507 e. The van der Waals surface area contributed by atoms with Crippen LogP contribution >= 0.6 is 0 Å². The van der Waals surface area contributed by atoms with Gasteiger partial charge in [-0.05, 0) is 6.07 Å². The number of carbonyl (C=O) groups is 1. The molecule has 8 nitrogen and oxygen atoms in total. The molecule has 1 saturated heterocycles. The van der Waals surface area contributed by atoms with Crippen LogP contribution in [-0.2, 0) is 4.84 Å². The number of hydrogen-bond donors (Lipinski definition) is 3. The molecule has 0 unspecified atom stereocenters. The summed E-state index contributed by atoms with van der Waals surface area (Å²) in [5.74, 6) is -1.56. The summed E-state index contributed by atoms with van der Waals surface area (Å²) < 4.78 is 0. The summed E-state index contributed by atoms with van der Waals surface area (Å²) in [5.41, 5.74) is 1.04. The van der Waals surface area contributed by atoms with E-state index in [1.54, 1.807) is 6.07 Å². The van der Waals surface area contributed by atoms with E-state index in [1.165, 1.54) is 13.2 Å². The van der Waals surface area contributed by atoms with Gasteiger partial charge in [-0.25, -0.2) is 4.79 Å². The lowest BCUT2D eigenvalue weighted by atomic mass is 10.1. The number of pyridine rings is 1. The van der Waals surface area contributed by atoms with Gasteiger partial charge >= 0.3 is 5.97 Å². The second-order valence-electron chi connectivity index (χ2n) is 5.55. The summed E-state index contributed by atoms with van der Waals surface area (Å²) in [6.07, 6.45) is 2.65. The number of rotatable bonds is 3. The maximum atomic E-state index is 12.2. The Labute approximate surface area is 137 Å². The van der Waals surface area contributed by atoms with Crippen LogP contribution in [0.25, 0.3) is 10.9 Å². The Morgan fingerprint density at radius 2 is 2.04 bits per heavy atom. The van der Waals surface area contributed by atoms with E-state index < -0.39 is 17.0 Å². The molecule has 0 bridgehead atoms. The number of oxime groups is 1. The largest absolute Gasteiger partial charge is 0.507 e. The number of hydrogen-bond acceptors (Lipinski definition) is 6. The van der Waals surface area contributed by atoms with Gasteiger partial charge in [-0.2, -0.15) is 0 Å². The van der Waals surface area contributed by atoms with Gasteiger partial charge in [0.05, 0.1) is 16.6 Å². The highest BCUT2D eigenvalue weighted by Crippen LogP contribution is 2.29. The molecule has 1 aliphatic heterocycles. The molecule has 0 amide bonds. The molecule has 126 valence electrons. The quantitative estimate of drug-likeness (QED) is 0.735. The van der Waals surface area contributed by atoms with Crippen LogP contribution in [0.1, 0.15) is 23.2 Å². The number of carboxylic acids is 1. The second-order valence-corrected chi connectivity index (χ2v) is 5.55. The number of nitrogens with one attached hydrogen (secondary N) is 1. The molecule has 0 atom stereocenters. The molecule has 2 aromatic rings. The van der Waals surface area contributed by atoms with Crippen LogP contribution in [0.2, 0.25) is 0 Å². The number of fused-ring (bicyclic) bond motifs is 1. The van der Waals surface area contributed by atoms with Gasteiger partial charge in [0.15, 0.2) is 0 Å². The van der Waals surface area contributed by atoms with Gasteiger partial charge in [0.1, 0.15) is 18.4 Å². The smallest absolute Gasteiger partial charge is 0.341 e. The summed E-state index contributed by atoms with van der Waals surface area (Å²) in [6, 6.07) is 3.22. The molecular weight excluding hydrogens is 314 g/mol. The van der Waals surface area contributed by atoms with Crippen molar-refractivity contribution in [1.29, 1.82) is 0 Å². The first-order valence-electron chi connectivity index (χ1n) is 7.47. The van der Waals surface area contributed by atoms with E-state index >= 15 is 0 Å². The molecule has 0 spiro atoms. The maximum Gasteiger partial charge on any atom is 0.341 e. The molecular formula is C16H17N3O5. The first-order chi connectivity index (χ1) is 11.5. The lowest BCUT2D eigenvalue weighted by Crippen LogP contribution is -2.33. The summed E-state index contributed by atoms with van der Waals surface area (Å²) in [5, 5.41) is 23.2. The van der Waals surface area contributed by atoms with Gasteiger partial charge in [-0.15, -0.1) is 0 Å². The van der Waals surface area contributed by atoms with Gasteiger partial charge in [0.2, 0.25) is 5.43 Å². The Morgan fingerprint density at radius 3 is 2.67 bits per heavy atom. The van der Waals surface area contributed by atoms with Gasteiger partial charge in [-0.1, -0.05) is 5.16 Å². The summed E-state index contributed by atoms with van der Waals surface area (Å²) >= 11 is 0. The van der Waals surface area contributed by atoms with E-state index in [4.69, 9.17) is 9.94 Å². The Bertz CT molecular complexity index is 877. The topological polar surface area (TPSA) is 115 Å². The number of anilines is 1. The summed E-state index contributed by atoms with van der Waals surface area (Å²) in [4.78, 5) is 32.9. The van der Waals surface area contributed by atoms with E-state index in [1.807, 2.05) is 0 Å². The number of carboxylic acid groups (broad SMARTS) is 1. The fraction of sp³-hybridized carbons (Fsp3) is 0.312. The zero-order chi connectivity index (χ0) is 17.3. The first-order valence-corrected chi connectivity index (χ1v) is 7.47. The average Bonchev–Trinajstić information content (AvgIpc) is 2.55. The van der Waals surface area contributed by atoms with Gasteiger partial charge in [0, 0.05) is 43.9 Å². The van der Waals surface area contributed by atoms with E-state index in [9.17, 15) is 14.7 Å². The number of aromatic hydroxyl groups is 1. The van der Waals surface area contributed by atoms with Gasteiger partial charge in [-0.3, -0.25) is 4.79 Å². The lowest BCUT2D eigenvalue weighted by Gasteiger charge is -2.29. The molecule has 2 heterocycles. The maximum absolute atomic E-state index is 12.2. The van der Waals surface area contributed by atoms with E-state index in [0.717, 1.165) is 30.4 Å². The third-order valence-electron chi connectivity index (χ3n) is 4.10. The van der Waals surface area contributed by atoms with Crippen LogP contribution in [0.3, 0.4) is 0 Å². The van der Waals surface area contributed by atoms with Crippen molar-refractivity contribution in [2.75, 3.05) is 25.1 Å². The van der Waals surface area contributed by atoms with Crippen molar-refractivity contribution in [2.24, 2.45) is 5.16 Å². The molecule has 0 aliphatic carbocycles. The van der Waals surface area contributed by atoms with Crippen LogP contribution in [0.15, 0.2) is 28.3 Å². The number of aromatic carboxylic acids is 1. The highest BCUT2D eigenvalue weighted by atomic mass is 16.6. The van der Waals surface area contributed by atoms with Gasteiger partial charge < -0.3 is 24.9 Å². The predicted molar refractivity (Wildman–Crippen MR) is 89.1 cm³/mol. The van der Waals surface area contributed by atoms with Crippen molar-refractivity contribution in [3.63, 3.8) is 0 Å². The zero-order valence-electron chi connectivity index (χ0n) is 13.1. The Kier molecular flexibility index (Phi) is 4.11. The Hall–Kier alpha value is -3.03. The number of benzene rings is 1. The first kappa shape index (κ1) is 15.9. The number of H-pyrrole nitrogens is 1. The average molecular weight is 331 g/mol. The van der Waals surface area contributed by atoms with Crippen molar-refractivity contribution in [3.05, 3.63) is 34.1 Å². The van der Waals surface area contributed by atoms with Crippen LogP contribution < -0.4 is 10.3 Å². The monoisotopic (exact) mass is 331 g/mol. The highest BCUT2D eigenvalue weighted by Gasteiger charge is 2.19. The van der Waals surface area contributed by atoms with Crippen LogP contribution in [0.4, 0.5) is 5.69 Å². The molecule has 1 fully saturated rings. The fourth-order valence-electron chi connectivity index (χ4n) is 2.90. The highest BCUT2D eigenvalue weighted by molar-refractivity contribution is 5.95. The zero-order valence-corrected chi connectivity index (χ0v) is 13.1. The molecule has 1 aromatic heterocycles. The molecule has 24 heavy (non-hydrogen) atoms.